The standard InChI is InChI=1S/C9H14N6O/c1-3-5-7-8(14(2)13-5)15(4-6(10)16)9(11)12-7/h3-4H2,1-2H3,(H2,10,16)(H2,11,12). The third kappa shape index (κ3) is 1.40. The van der Waals surface area contributed by atoms with Crippen LogP contribution in [0, 0.1) is 0 Å². The zero-order valence-corrected chi connectivity index (χ0v) is 9.27. The SMILES string of the molecule is CCc1nn(C)c2c1nc(N)n2CC(N)=O. The number of hydrogen-bond acceptors (Lipinski definition) is 4. The topological polar surface area (TPSA) is 105 Å². The summed E-state index contributed by atoms with van der Waals surface area (Å²) in [7, 11) is 1.79. The van der Waals surface area contributed by atoms with Gasteiger partial charge in [-0.1, -0.05) is 6.92 Å². The fourth-order valence-electron chi connectivity index (χ4n) is 1.81. The van der Waals surface area contributed by atoms with Crippen LogP contribution in [0.3, 0.4) is 0 Å². The zero-order valence-electron chi connectivity index (χ0n) is 9.27. The average Bonchev–Trinajstić information content (AvgIpc) is 2.66. The summed E-state index contributed by atoms with van der Waals surface area (Å²) >= 11 is 0. The number of fused-ring (bicyclic) bond motifs is 1. The molecule has 0 aliphatic heterocycles. The third-order valence-corrected chi connectivity index (χ3v) is 2.47. The molecule has 0 bridgehead atoms. The molecule has 0 radical (unpaired) electrons. The molecule has 2 rings (SSSR count). The number of amides is 1. The van der Waals surface area contributed by atoms with E-state index in [1.54, 1.807) is 16.3 Å². The lowest BCUT2D eigenvalue weighted by atomic mass is 10.3. The number of carbonyl (C=O) groups excluding carboxylic acids is 1. The molecule has 0 aliphatic carbocycles. The number of nitrogens with zero attached hydrogens (tertiary/aromatic N) is 4. The molecular weight excluding hydrogens is 208 g/mol. The molecule has 7 nitrogen and oxygen atoms in total. The van der Waals surface area contributed by atoms with Crippen LogP contribution in [0.2, 0.25) is 0 Å². The first-order valence-electron chi connectivity index (χ1n) is 5.00. The van der Waals surface area contributed by atoms with Gasteiger partial charge < -0.3 is 11.5 Å². The van der Waals surface area contributed by atoms with Crippen molar-refractivity contribution >= 4 is 23.0 Å². The molecule has 0 spiro atoms. The van der Waals surface area contributed by atoms with E-state index in [1.165, 1.54) is 0 Å². The van der Waals surface area contributed by atoms with E-state index >= 15 is 0 Å². The van der Waals surface area contributed by atoms with Crippen LogP contribution in [-0.4, -0.2) is 25.2 Å². The van der Waals surface area contributed by atoms with Crippen LogP contribution < -0.4 is 11.5 Å². The van der Waals surface area contributed by atoms with Crippen LogP contribution in [0.25, 0.3) is 11.2 Å². The van der Waals surface area contributed by atoms with Crippen LogP contribution >= 0.6 is 0 Å². The summed E-state index contributed by atoms with van der Waals surface area (Å²) in [6.45, 7) is 2.01. The molecule has 1 amide bonds. The number of aryl methyl sites for hydroxylation is 2. The monoisotopic (exact) mass is 222 g/mol. The predicted octanol–water partition coefficient (Wildman–Crippen LogP) is -0.600. The molecule has 4 N–H and O–H groups in total. The van der Waals surface area contributed by atoms with Gasteiger partial charge in [-0.3, -0.25) is 14.0 Å². The predicted molar refractivity (Wildman–Crippen MR) is 59.5 cm³/mol. The van der Waals surface area contributed by atoms with Crippen LogP contribution in [0.5, 0.6) is 0 Å². The molecular formula is C9H14N6O. The Bertz CT molecular complexity index is 552. The number of nitrogens with two attached hydrogens (primary N) is 2. The highest BCUT2D eigenvalue weighted by Gasteiger charge is 2.17. The van der Waals surface area contributed by atoms with Gasteiger partial charge in [-0.15, -0.1) is 0 Å². The molecule has 2 aromatic heterocycles. The van der Waals surface area contributed by atoms with Crippen molar-refractivity contribution in [2.75, 3.05) is 5.73 Å². The van der Waals surface area contributed by atoms with Crippen molar-refractivity contribution in [1.29, 1.82) is 0 Å². The van der Waals surface area contributed by atoms with Crippen molar-refractivity contribution in [2.45, 2.75) is 19.9 Å². The molecule has 7 heteroatoms. The number of imidazole rings is 1. The zero-order chi connectivity index (χ0) is 11.9. The normalized spacial score (nSPS) is 11.1. The first kappa shape index (κ1) is 10.5. The average molecular weight is 222 g/mol. The lowest BCUT2D eigenvalue weighted by molar-refractivity contribution is -0.118. The van der Waals surface area contributed by atoms with Crippen molar-refractivity contribution in [3.05, 3.63) is 5.69 Å². The summed E-state index contributed by atoms with van der Waals surface area (Å²) in [6, 6.07) is 0. The Morgan fingerprint density at radius 2 is 2.19 bits per heavy atom. The third-order valence-electron chi connectivity index (χ3n) is 2.47. The van der Waals surface area contributed by atoms with Gasteiger partial charge in [0.05, 0.1) is 5.69 Å². The van der Waals surface area contributed by atoms with Crippen molar-refractivity contribution in [3.63, 3.8) is 0 Å². The number of anilines is 1. The Kier molecular flexibility index (Phi) is 2.30. The summed E-state index contributed by atoms with van der Waals surface area (Å²) in [4.78, 5) is 15.1. The Hall–Kier alpha value is -2.05. The highest BCUT2D eigenvalue weighted by molar-refractivity contribution is 5.81. The summed E-state index contributed by atoms with van der Waals surface area (Å²) in [5.41, 5.74) is 13.2. The van der Waals surface area contributed by atoms with E-state index in [-0.39, 0.29) is 12.5 Å². The van der Waals surface area contributed by atoms with E-state index in [0.717, 1.165) is 23.3 Å². The fourth-order valence-corrected chi connectivity index (χ4v) is 1.81. The summed E-state index contributed by atoms with van der Waals surface area (Å²) < 4.78 is 3.24. The number of aromatic nitrogens is 4. The Morgan fingerprint density at radius 1 is 1.50 bits per heavy atom. The second-order valence-electron chi connectivity index (χ2n) is 3.62. The molecule has 2 aromatic rings. The van der Waals surface area contributed by atoms with Crippen LogP contribution in [-0.2, 0) is 24.8 Å². The Balaban J connectivity index is 2.68. The Labute approximate surface area is 92.0 Å². The van der Waals surface area contributed by atoms with E-state index < -0.39 is 5.91 Å². The quantitative estimate of drug-likeness (QED) is 0.723. The highest BCUT2D eigenvalue weighted by Crippen LogP contribution is 2.20. The minimum Gasteiger partial charge on any atom is -0.369 e. The molecule has 0 unspecified atom stereocenters. The molecule has 0 aromatic carbocycles. The molecule has 2 heterocycles. The minimum absolute atomic E-state index is 0.0189. The largest absolute Gasteiger partial charge is 0.369 e. The Morgan fingerprint density at radius 3 is 2.75 bits per heavy atom. The van der Waals surface area contributed by atoms with Crippen LogP contribution in [0.1, 0.15) is 12.6 Å². The van der Waals surface area contributed by atoms with Gasteiger partial charge in [0.2, 0.25) is 11.9 Å². The summed E-state index contributed by atoms with van der Waals surface area (Å²) in [6.07, 6.45) is 0.768. The molecule has 0 fully saturated rings. The molecule has 86 valence electrons. The van der Waals surface area contributed by atoms with Gasteiger partial charge in [-0.25, -0.2) is 4.98 Å². The molecule has 0 saturated heterocycles. The molecule has 16 heavy (non-hydrogen) atoms. The maximum absolute atomic E-state index is 10.9. The van der Waals surface area contributed by atoms with Gasteiger partial charge in [0.1, 0.15) is 12.1 Å². The van der Waals surface area contributed by atoms with Crippen molar-refractivity contribution in [1.82, 2.24) is 19.3 Å². The molecule has 0 aliphatic rings. The first-order valence-corrected chi connectivity index (χ1v) is 5.00. The number of hydrogen-bond donors (Lipinski definition) is 2. The minimum atomic E-state index is -0.453. The lowest BCUT2D eigenvalue weighted by Gasteiger charge is -2.02. The van der Waals surface area contributed by atoms with Gasteiger partial charge in [0, 0.05) is 7.05 Å². The van der Waals surface area contributed by atoms with Gasteiger partial charge in [0.15, 0.2) is 5.65 Å². The summed E-state index contributed by atoms with van der Waals surface area (Å²) in [5, 5.41) is 4.30. The molecule has 0 atom stereocenters. The smallest absolute Gasteiger partial charge is 0.237 e. The van der Waals surface area contributed by atoms with Crippen LogP contribution in [0.4, 0.5) is 5.95 Å². The van der Waals surface area contributed by atoms with Gasteiger partial charge in [0.25, 0.3) is 0 Å². The maximum Gasteiger partial charge on any atom is 0.237 e. The number of primary amides is 1. The van der Waals surface area contributed by atoms with Crippen molar-refractivity contribution < 1.29 is 4.79 Å². The second kappa shape index (κ2) is 3.51. The highest BCUT2D eigenvalue weighted by atomic mass is 16.1. The maximum atomic E-state index is 10.9. The van der Waals surface area contributed by atoms with Gasteiger partial charge >= 0.3 is 0 Å². The summed E-state index contributed by atoms with van der Waals surface area (Å²) in [5.74, 6) is -0.165. The first-order chi connectivity index (χ1) is 7.54. The number of nitrogen functional groups attached to an aromatic ring is 1. The van der Waals surface area contributed by atoms with Crippen molar-refractivity contribution in [2.24, 2.45) is 12.8 Å². The van der Waals surface area contributed by atoms with E-state index in [4.69, 9.17) is 11.5 Å². The lowest BCUT2D eigenvalue weighted by Crippen LogP contribution is -2.20. The fraction of sp³-hybridized carbons (Fsp3) is 0.444. The van der Waals surface area contributed by atoms with Gasteiger partial charge in [-0.2, -0.15) is 5.10 Å². The van der Waals surface area contributed by atoms with E-state index in [1.807, 2.05) is 6.92 Å². The number of carbonyl (C=O) groups is 1. The molecule has 0 saturated carbocycles. The van der Waals surface area contributed by atoms with E-state index in [0.29, 0.717) is 0 Å². The van der Waals surface area contributed by atoms with E-state index in [9.17, 15) is 4.79 Å². The van der Waals surface area contributed by atoms with Gasteiger partial charge in [-0.05, 0) is 6.42 Å². The second-order valence-corrected chi connectivity index (χ2v) is 3.62. The van der Waals surface area contributed by atoms with E-state index in [2.05, 4.69) is 10.1 Å². The number of rotatable bonds is 3. The van der Waals surface area contributed by atoms with Crippen molar-refractivity contribution in [3.8, 4) is 0 Å². The van der Waals surface area contributed by atoms with Crippen LogP contribution in [0.15, 0.2) is 0 Å².